The number of anilines is 1. The van der Waals surface area contributed by atoms with E-state index in [1.165, 1.54) is 25.3 Å². The molecule has 0 aromatic heterocycles. The lowest BCUT2D eigenvalue weighted by Crippen LogP contribution is -2.45. The first-order valence-corrected chi connectivity index (χ1v) is 15.6. The number of nitrogens with zero attached hydrogens (tertiary/aromatic N) is 2. The Balaban J connectivity index is 1.54. The maximum atomic E-state index is 15.9. The second-order valence-electron chi connectivity index (χ2n) is 12.2. The van der Waals surface area contributed by atoms with E-state index in [4.69, 9.17) is 4.74 Å². The number of rotatable bonds is 7. The highest BCUT2D eigenvalue weighted by molar-refractivity contribution is 6.39. The quantitative estimate of drug-likeness (QED) is 0.111. The Kier molecular flexibility index (Phi) is 6.53. The number of non-ortho nitro benzene ring substituents is 1. The zero-order valence-electron chi connectivity index (χ0n) is 25.8. The fourth-order valence-corrected chi connectivity index (χ4v) is 8.54. The molecule has 234 valence electrons. The van der Waals surface area contributed by atoms with Gasteiger partial charge in [-0.2, -0.15) is 0 Å². The number of imide groups is 1. The SMILES string of the molecule is COc1ccc([N+](=O)[O-])cc1N1C(=O)[C@@H]2[C@@H](C1=O)[C@@]1(c3ccccc3)C(=O)[C@@]2(c2ccccc2)C(c2ccccc2)=C1c1ccccc1. The van der Waals surface area contributed by atoms with Crippen LogP contribution in [-0.4, -0.2) is 29.6 Å². The zero-order valence-corrected chi connectivity index (χ0v) is 25.8. The van der Waals surface area contributed by atoms with Crippen molar-refractivity contribution in [1.82, 2.24) is 0 Å². The molecule has 5 aromatic carbocycles. The number of nitro benzene ring substituents is 1. The molecule has 8 rings (SSSR count). The van der Waals surface area contributed by atoms with Crippen molar-refractivity contribution in [3.8, 4) is 5.75 Å². The number of nitro groups is 1. The smallest absolute Gasteiger partial charge is 0.271 e. The fraction of sp³-hybridized carbons (Fsp3) is 0.125. The number of carbonyl (C=O) groups excluding carboxylic acids is 3. The van der Waals surface area contributed by atoms with Crippen LogP contribution in [0.4, 0.5) is 11.4 Å². The third kappa shape index (κ3) is 3.62. The summed E-state index contributed by atoms with van der Waals surface area (Å²) in [5.74, 6) is -3.66. The van der Waals surface area contributed by atoms with E-state index in [0.717, 1.165) is 16.0 Å². The molecule has 0 N–H and O–H groups in total. The number of fused-ring (bicyclic) bond motifs is 5. The van der Waals surface area contributed by atoms with Crippen molar-refractivity contribution < 1.29 is 24.0 Å². The van der Waals surface area contributed by atoms with E-state index < -0.39 is 39.4 Å². The number of hydrogen-bond donors (Lipinski definition) is 0. The normalized spacial score (nSPS) is 24.3. The van der Waals surface area contributed by atoms with Gasteiger partial charge in [-0.15, -0.1) is 0 Å². The number of allylic oxidation sites excluding steroid dienone is 2. The van der Waals surface area contributed by atoms with Crippen molar-refractivity contribution in [1.29, 1.82) is 0 Å². The van der Waals surface area contributed by atoms with E-state index in [9.17, 15) is 10.1 Å². The second-order valence-corrected chi connectivity index (χ2v) is 12.2. The Hall–Kier alpha value is -6.15. The lowest BCUT2D eigenvalue weighted by molar-refractivity contribution is -0.384. The molecule has 1 aliphatic heterocycles. The van der Waals surface area contributed by atoms with Gasteiger partial charge in [-0.1, -0.05) is 121 Å². The lowest BCUT2D eigenvalue weighted by atomic mass is 9.59. The molecule has 4 atom stereocenters. The number of hydrogen-bond acceptors (Lipinski definition) is 6. The number of amides is 2. The highest BCUT2D eigenvalue weighted by atomic mass is 16.6. The summed E-state index contributed by atoms with van der Waals surface area (Å²) in [5, 5.41) is 11.9. The molecule has 8 nitrogen and oxygen atoms in total. The molecule has 2 bridgehead atoms. The van der Waals surface area contributed by atoms with Crippen molar-refractivity contribution in [3.63, 3.8) is 0 Å². The summed E-state index contributed by atoms with van der Waals surface area (Å²) in [6, 6.07) is 41.4. The van der Waals surface area contributed by atoms with Gasteiger partial charge in [-0.05, 0) is 39.5 Å². The van der Waals surface area contributed by atoms with Crippen molar-refractivity contribution in [2.45, 2.75) is 10.8 Å². The van der Waals surface area contributed by atoms with Crippen molar-refractivity contribution in [3.05, 3.63) is 172 Å². The Morgan fingerprint density at radius 2 is 1.04 bits per heavy atom. The Morgan fingerprint density at radius 3 is 1.44 bits per heavy atom. The van der Waals surface area contributed by atoms with Crippen LogP contribution in [0.1, 0.15) is 22.3 Å². The standard InChI is InChI=1S/C40H28N2O6/c1-48-31-23-22-29(42(46)47)24-30(31)41-36(43)34-35(37(41)44)40(28-20-12-5-13-21-28)33(26-16-8-3-9-17-26)32(25-14-6-2-7-15-25)39(34,38(40)45)27-18-10-4-11-19-27/h2-24,34-35H,1H3/t34-,35-,39-,40-/m0/s1. The van der Waals surface area contributed by atoms with Gasteiger partial charge in [-0.25, -0.2) is 4.90 Å². The molecule has 5 aromatic rings. The molecule has 1 heterocycles. The average Bonchev–Trinajstić information content (AvgIpc) is 3.64. The van der Waals surface area contributed by atoms with Gasteiger partial charge >= 0.3 is 0 Å². The van der Waals surface area contributed by atoms with Crippen LogP contribution < -0.4 is 9.64 Å². The van der Waals surface area contributed by atoms with E-state index in [1.54, 1.807) is 0 Å². The van der Waals surface area contributed by atoms with Crippen LogP contribution in [0.3, 0.4) is 0 Å². The third-order valence-corrected chi connectivity index (χ3v) is 10.2. The van der Waals surface area contributed by atoms with Gasteiger partial charge in [0.2, 0.25) is 11.8 Å². The van der Waals surface area contributed by atoms with Crippen LogP contribution >= 0.6 is 0 Å². The summed E-state index contributed by atoms with van der Waals surface area (Å²) in [6.45, 7) is 0. The van der Waals surface area contributed by atoms with Gasteiger partial charge < -0.3 is 4.74 Å². The summed E-state index contributed by atoms with van der Waals surface area (Å²) < 4.78 is 5.56. The van der Waals surface area contributed by atoms with Crippen LogP contribution in [0.2, 0.25) is 0 Å². The molecule has 0 spiro atoms. The zero-order chi connectivity index (χ0) is 33.2. The largest absolute Gasteiger partial charge is 0.495 e. The first kappa shape index (κ1) is 29.3. The van der Waals surface area contributed by atoms with Crippen molar-refractivity contribution in [2.75, 3.05) is 12.0 Å². The Labute approximate surface area is 276 Å². The molecule has 0 unspecified atom stereocenters. The lowest BCUT2D eigenvalue weighted by Gasteiger charge is -2.39. The number of carbonyl (C=O) groups is 3. The first-order valence-electron chi connectivity index (χ1n) is 15.6. The summed E-state index contributed by atoms with van der Waals surface area (Å²) in [4.78, 5) is 58.5. The van der Waals surface area contributed by atoms with Gasteiger partial charge in [0.25, 0.3) is 5.69 Å². The Morgan fingerprint density at radius 1 is 0.625 bits per heavy atom. The minimum atomic E-state index is -1.58. The summed E-state index contributed by atoms with van der Waals surface area (Å²) >= 11 is 0. The van der Waals surface area contributed by atoms with Gasteiger partial charge in [0, 0.05) is 12.1 Å². The van der Waals surface area contributed by atoms with Crippen LogP contribution in [0.5, 0.6) is 5.75 Å². The maximum absolute atomic E-state index is 15.9. The van der Waals surface area contributed by atoms with Gasteiger partial charge in [-0.3, -0.25) is 24.5 Å². The number of Topliss-reactive ketones (excluding diaryl/α,β-unsaturated/α-hetero) is 1. The molecular formula is C40H28N2O6. The van der Waals surface area contributed by atoms with Gasteiger partial charge in [0.05, 0.1) is 34.7 Å². The molecule has 1 saturated carbocycles. The van der Waals surface area contributed by atoms with Crippen LogP contribution in [0.15, 0.2) is 140 Å². The number of methoxy groups -OCH3 is 1. The fourth-order valence-electron chi connectivity index (χ4n) is 8.54. The first-order chi connectivity index (χ1) is 23.4. The predicted molar refractivity (Wildman–Crippen MR) is 180 cm³/mol. The molecule has 2 aliphatic carbocycles. The molecule has 1 saturated heterocycles. The third-order valence-electron chi connectivity index (χ3n) is 10.2. The maximum Gasteiger partial charge on any atom is 0.271 e. The van der Waals surface area contributed by atoms with Gasteiger partial charge in [0.15, 0.2) is 5.78 Å². The van der Waals surface area contributed by atoms with E-state index in [1.807, 2.05) is 121 Å². The van der Waals surface area contributed by atoms with Crippen LogP contribution in [-0.2, 0) is 25.2 Å². The summed E-state index contributed by atoms with van der Waals surface area (Å²) in [5.41, 5.74) is 0.571. The Bertz CT molecular complexity index is 2050. The number of benzene rings is 5. The van der Waals surface area contributed by atoms with E-state index in [-0.39, 0.29) is 22.9 Å². The van der Waals surface area contributed by atoms with E-state index in [0.29, 0.717) is 22.3 Å². The molecular weight excluding hydrogens is 604 g/mol. The highest BCUT2D eigenvalue weighted by Crippen LogP contribution is 2.74. The second kappa shape index (κ2) is 10.7. The average molecular weight is 633 g/mol. The van der Waals surface area contributed by atoms with Crippen LogP contribution in [0, 0.1) is 22.0 Å². The molecule has 8 heteroatoms. The monoisotopic (exact) mass is 632 g/mol. The van der Waals surface area contributed by atoms with Gasteiger partial charge in [0.1, 0.15) is 11.4 Å². The van der Waals surface area contributed by atoms with Crippen molar-refractivity contribution in [2.24, 2.45) is 11.8 Å². The minimum absolute atomic E-state index is 0.0307. The van der Waals surface area contributed by atoms with E-state index in [2.05, 4.69) is 0 Å². The van der Waals surface area contributed by atoms with Crippen LogP contribution in [0.25, 0.3) is 11.1 Å². The molecule has 2 amide bonds. The molecule has 0 radical (unpaired) electrons. The molecule has 3 aliphatic rings. The van der Waals surface area contributed by atoms with Crippen molar-refractivity contribution >= 4 is 40.1 Å². The topological polar surface area (TPSA) is 107 Å². The summed E-state index contributed by atoms with van der Waals surface area (Å²) in [7, 11) is 1.38. The number of ether oxygens (including phenoxy) is 1. The number of ketones is 1. The molecule has 2 fully saturated rings. The highest BCUT2D eigenvalue weighted by Gasteiger charge is 2.82. The van der Waals surface area contributed by atoms with E-state index >= 15 is 14.4 Å². The predicted octanol–water partition coefficient (Wildman–Crippen LogP) is 6.79. The molecule has 48 heavy (non-hydrogen) atoms. The minimum Gasteiger partial charge on any atom is -0.495 e. The summed E-state index contributed by atoms with van der Waals surface area (Å²) in [6.07, 6.45) is 0.